The number of hydrogen-bond donors (Lipinski definition) is 0. The van der Waals surface area contributed by atoms with Crippen LogP contribution in [0.1, 0.15) is 107 Å². The Morgan fingerprint density at radius 2 is 0.794 bits per heavy atom. The first kappa shape index (κ1) is 46.2. The summed E-state index contributed by atoms with van der Waals surface area (Å²) in [6.45, 7) is 28.4. The zero-order valence-corrected chi connectivity index (χ0v) is 45.8. The molecule has 0 radical (unpaired) electrons. The molecule has 4 heteroatoms. The van der Waals surface area contributed by atoms with Crippen molar-refractivity contribution in [1.82, 2.24) is 0 Å². The summed E-state index contributed by atoms with van der Waals surface area (Å²) in [5.41, 5.74) is 17.5. The fraction of sp³-hybridized carbons (Fsp3) is 0.250. The molecule has 0 N–H and O–H groups in total. The minimum atomic E-state index is -5.90. The first-order valence-corrected chi connectivity index (χ1v) is 36.7. The molecule has 343 valence electrons. The summed E-state index contributed by atoms with van der Waals surface area (Å²) in [4.78, 5) is 0. The summed E-state index contributed by atoms with van der Waals surface area (Å²) in [6.07, 6.45) is 5.05. The average Bonchev–Trinajstić information content (AvgIpc) is 3.85. The van der Waals surface area contributed by atoms with Gasteiger partial charge in [-0.3, -0.25) is 0 Å². The van der Waals surface area contributed by atoms with Crippen molar-refractivity contribution in [2.75, 3.05) is 0 Å². The molecule has 68 heavy (non-hydrogen) atoms. The van der Waals surface area contributed by atoms with Crippen molar-refractivity contribution in [3.8, 4) is 33.8 Å². The van der Waals surface area contributed by atoms with Gasteiger partial charge in [0.2, 0.25) is 0 Å². The second-order valence-electron chi connectivity index (χ2n) is 22.5. The molecule has 2 aliphatic rings. The van der Waals surface area contributed by atoms with E-state index in [2.05, 4.69) is 252 Å². The molecule has 0 aromatic heterocycles. The number of allylic oxidation sites excluding steroid dienone is 2. The van der Waals surface area contributed by atoms with Crippen LogP contribution in [-0.2, 0) is 29.7 Å². The first-order valence-electron chi connectivity index (χ1n) is 24.8. The summed E-state index contributed by atoms with van der Waals surface area (Å²) in [7, 11) is 0. The third-order valence-electron chi connectivity index (χ3n) is 15.5. The summed E-state index contributed by atoms with van der Waals surface area (Å²) >= 11 is -5.90. The van der Waals surface area contributed by atoms with E-state index in [9.17, 15) is 0 Å². The summed E-state index contributed by atoms with van der Waals surface area (Å²) in [6, 6.07) is 59.2. The van der Waals surface area contributed by atoms with Crippen molar-refractivity contribution >= 4 is 39.6 Å². The quantitative estimate of drug-likeness (QED) is 0.134. The van der Waals surface area contributed by atoms with E-state index in [1.807, 2.05) is 0 Å². The molecule has 2 atom stereocenters. The number of fused-ring (bicyclic) bond motifs is 4. The Morgan fingerprint density at radius 3 is 1.19 bits per heavy atom. The summed E-state index contributed by atoms with van der Waals surface area (Å²) < 4.78 is 17.6. The second-order valence-corrected chi connectivity index (χ2v) is 50.2. The van der Waals surface area contributed by atoms with Gasteiger partial charge in [-0.25, -0.2) is 0 Å². The van der Waals surface area contributed by atoms with Gasteiger partial charge >= 0.3 is 412 Å². The molecule has 0 amide bonds. The molecule has 2 aliphatic carbocycles. The third-order valence-corrected chi connectivity index (χ3v) is 52.5. The normalized spacial score (nSPS) is 16.6. The van der Waals surface area contributed by atoms with E-state index < -0.39 is 24.7 Å². The molecular formula is C64H67O2SiZr. The second kappa shape index (κ2) is 16.9. The Hall–Kier alpha value is -5.54. The molecule has 0 fully saturated rings. The number of hydrogen-bond acceptors (Lipinski definition) is 2. The van der Waals surface area contributed by atoms with E-state index >= 15 is 0 Å². The fourth-order valence-electron chi connectivity index (χ4n) is 12.4. The van der Waals surface area contributed by atoms with Crippen molar-refractivity contribution < 1.29 is 24.4 Å². The van der Waals surface area contributed by atoms with Crippen molar-refractivity contribution in [2.45, 2.75) is 100 Å². The molecule has 10 rings (SSSR count). The van der Waals surface area contributed by atoms with Crippen LogP contribution in [-0.4, -0.2) is 5.92 Å². The van der Waals surface area contributed by atoms with Crippen LogP contribution in [0.4, 0.5) is 0 Å². The van der Waals surface area contributed by atoms with E-state index in [1.54, 1.807) is 0 Å². The molecule has 0 saturated carbocycles. The van der Waals surface area contributed by atoms with Crippen LogP contribution in [0.3, 0.4) is 0 Å². The molecule has 0 aliphatic heterocycles. The van der Waals surface area contributed by atoms with Crippen molar-refractivity contribution in [3.05, 3.63) is 213 Å². The Kier molecular flexibility index (Phi) is 11.5. The maximum absolute atomic E-state index is 8.89. The Bertz CT molecular complexity index is 3140. The molecule has 0 heterocycles. The van der Waals surface area contributed by atoms with Gasteiger partial charge in [0.15, 0.2) is 0 Å². The topological polar surface area (TPSA) is 18.5 Å². The molecule has 8 aromatic carbocycles. The van der Waals surface area contributed by atoms with Gasteiger partial charge in [-0.05, 0) is 0 Å². The average molecular weight is 988 g/mol. The monoisotopic (exact) mass is 985 g/mol. The Balaban J connectivity index is 1.36. The van der Waals surface area contributed by atoms with Gasteiger partial charge in [-0.1, -0.05) is 0 Å². The third kappa shape index (κ3) is 7.36. The van der Waals surface area contributed by atoms with Gasteiger partial charge in [0.1, 0.15) is 0 Å². The van der Waals surface area contributed by atoms with Crippen LogP contribution in [0.25, 0.3) is 56.0 Å². The molecule has 8 aromatic rings. The minimum absolute atomic E-state index is 0.100. The molecule has 0 bridgehead atoms. The van der Waals surface area contributed by atoms with Crippen LogP contribution in [0.2, 0.25) is 13.1 Å². The van der Waals surface area contributed by atoms with Crippen LogP contribution in [0.5, 0.6) is 11.5 Å². The van der Waals surface area contributed by atoms with E-state index in [0.717, 1.165) is 11.5 Å². The Labute approximate surface area is 408 Å². The van der Waals surface area contributed by atoms with Gasteiger partial charge < -0.3 is 0 Å². The number of benzene rings is 8. The van der Waals surface area contributed by atoms with Gasteiger partial charge in [-0.15, -0.1) is 0 Å². The molecule has 2 unspecified atom stereocenters. The van der Waals surface area contributed by atoms with Gasteiger partial charge in [0, 0.05) is 0 Å². The van der Waals surface area contributed by atoms with E-state index in [4.69, 9.17) is 5.63 Å². The van der Waals surface area contributed by atoms with Crippen LogP contribution in [0, 0.1) is 13.8 Å². The molecule has 2 nitrogen and oxygen atoms in total. The van der Waals surface area contributed by atoms with Crippen LogP contribution >= 0.6 is 0 Å². The van der Waals surface area contributed by atoms with Crippen LogP contribution < -0.4 is 5.63 Å². The predicted octanol–water partition coefficient (Wildman–Crippen LogP) is 17.8. The molecule has 0 spiro atoms. The van der Waals surface area contributed by atoms with Crippen molar-refractivity contribution in [1.29, 1.82) is 0 Å². The van der Waals surface area contributed by atoms with E-state index in [1.165, 1.54) is 99.5 Å². The maximum atomic E-state index is 8.89. The SMILES string of the molecule is CC1=Cc2c(-c3cccc4ccccc34)cccc2[CH]1[Zr]([O]c1ccc(C)cc1C(C)(C)C)([O]c1ccc(C)cc1C(C)(C)C)([CH]1C(C)=Cc2c(-c3cccc4ccccc34)cccc21)[SiH](C)C. The van der Waals surface area contributed by atoms with E-state index in [0.29, 0.717) is 0 Å². The van der Waals surface area contributed by atoms with E-state index in [-0.39, 0.29) is 18.1 Å². The van der Waals surface area contributed by atoms with Crippen molar-refractivity contribution in [3.63, 3.8) is 0 Å². The standard InChI is InChI=1S/2C20H15.2C11H16O.C2H7Si.Zr/c2*1-14-12-16-8-5-11-19(20(16)13-14)18-10-4-7-15-6-2-3-9-17(15)18;2*1-8-5-6-10(12)9(7-8)11(2,3)4;1-3-2;/h2*2-13H,1H3;2*5-7,12H,1-4H3;3H,1-2H3;/q;;;;;+2/p-2. The molecular weight excluding hydrogens is 920 g/mol. The number of rotatable bonds is 9. The van der Waals surface area contributed by atoms with Gasteiger partial charge in [-0.2, -0.15) is 0 Å². The fourth-order valence-corrected chi connectivity index (χ4v) is 48.6. The predicted molar refractivity (Wildman–Crippen MR) is 291 cm³/mol. The number of aryl methyl sites for hydroxylation is 2. The zero-order chi connectivity index (χ0) is 47.9. The first-order chi connectivity index (χ1) is 32.4. The summed E-state index contributed by atoms with van der Waals surface area (Å²) in [5, 5.41) is 5.03. The van der Waals surface area contributed by atoms with Gasteiger partial charge in [0.25, 0.3) is 0 Å². The Morgan fingerprint density at radius 1 is 0.426 bits per heavy atom. The summed E-state index contributed by atoms with van der Waals surface area (Å²) in [5.74, 6) is -0.208. The van der Waals surface area contributed by atoms with Crippen LogP contribution in [0.15, 0.2) is 169 Å². The molecule has 0 saturated heterocycles. The van der Waals surface area contributed by atoms with Crippen molar-refractivity contribution in [2.24, 2.45) is 0 Å². The zero-order valence-electron chi connectivity index (χ0n) is 42.2. The van der Waals surface area contributed by atoms with Gasteiger partial charge in [0.05, 0.1) is 0 Å².